The van der Waals surface area contributed by atoms with E-state index in [9.17, 15) is 0 Å². The van der Waals surface area contributed by atoms with Gasteiger partial charge in [-0.1, -0.05) is 0 Å². The summed E-state index contributed by atoms with van der Waals surface area (Å²) in [6.45, 7) is 6.22. The van der Waals surface area contributed by atoms with Crippen LogP contribution in [-0.2, 0) is 6.42 Å². The zero-order valence-corrected chi connectivity index (χ0v) is 12.5. The van der Waals surface area contributed by atoms with Gasteiger partial charge >= 0.3 is 0 Å². The van der Waals surface area contributed by atoms with E-state index in [-0.39, 0.29) is 0 Å². The van der Waals surface area contributed by atoms with Gasteiger partial charge in [-0.25, -0.2) is 4.98 Å². The van der Waals surface area contributed by atoms with Crippen molar-refractivity contribution in [2.45, 2.75) is 25.8 Å². The third-order valence-electron chi connectivity index (χ3n) is 3.63. The molecular formula is C13H24N4S. The minimum atomic E-state index is 0.438. The van der Waals surface area contributed by atoms with Crippen molar-refractivity contribution >= 4 is 11.3 Å². The smallest absolute Gasteiger partial charge is 0.112 e. The molecule has 0 aliphatic carbocycles. The lowest BCUT2D eigenvalue weighted by molar-refractivity contribution is 0.228. The molecule has 0 radical (unpaired) electrons. The quantitative estimate of drug-likeness (QED) is 0.896. The van der Waals surface area contributed by atoms with E-state index in [0.29, 0.717) is 12.6 Å². The fourth-order valence-corrected chi connectivity index (χ4v) is 3.73. The molecule has 0 amide bonds. The van der Waals surface area contributed by atoms with Gasteiger partial charge < -0.3 is 10.6 Å². The second-order valence-corrected chi connectivity index (χ2v) is 6.33. The standard InChI is InChI=1S/C13H24N4S/c1-10-12(5-6-14)18-13(15-10)11-9-16(2)7-4-8-17(11)3/h11H,4-9,14H2,1-3H3. The van der Waals surface area contributed by atoms with Crippen LogP contribution in [0.5, 0.6) is 0 Å². The van der Waals surface area contributed by atoms with Crippen molar-refractivity contribution in [2.75, 3.05) is 40.3 Å². The van der Waals surface area contributed by atoms with Gasteiger partial charge in [0.2, 0.25) is 0 Å². The number of hydrogen-bond donors (Lipinski definition) is 1. The molecule has 0 spiro atoms. The van der Waals surface area contributed by atoms with Crippen LogP contribution < -0.4 is 5.73 Å². The minimum absolute atomic E-state index is 0.438. The summed E-state index contributed by atoms with van der Waals surface area (Å²) >= 11 is 1.85. The van der Waals surface area contributed by atoms with Gasteiger partial charge in [0.25, 0.3) is 0 Å². The highest BCUT2D eigenvalue weighted by atomic mass is 32.1. The summed E-state index contributed by atoms with van der Waals surface area (Å²) in [7, 11) is 4.41. The van der Waals surface area contributed by atoms with Crippen molar-refractivity contribution in [2.24, 2.45) is 5.73 Å². The van der Waals surface area contributed by atoms with Crippen LogP contribution in [0.15, 0.2) is 0 Å². The van der Waals surface area contributed by atoms with Crippen molar-refractivity contribution < 1.29 is 0 Å². The predicted octanol–water partition coefficient (Wildman–Crippen LogP) is 1.26. The average Bonchev–Trinajstić information content (AvgIpc) is 2.58. The van der Waals surface area contributed by atoms with Crippen molar-refractivity contribution in [1.29, 1.82) is 0 Å². The molecule has 2 heterocycles. The van der Waals surface area contributed by atoms with Crippen molar-refractivity contribution in [1.82, 2.24) is 14.8 Å². The molecule has 1 aliphatic heterocycles. The van der Waals surface area contributed by atoms with Crippen LogP contribution in [0.25, 0.3) is 0 Å². The van der Waals surface area contributed by atoms with E-state index in [1.165, 1.54) is 28.5 Å². The number of hydrogen-bond acceptors (Lipinski definition) is 5. The molecule has 5 heteroatoms. The van der Waals surface area contributed by atoms with Gasteiger partial charge in [0.1, 0.15) is 5.01 Å². The molecule has 1 aromatic heterocycles. The molecule has 4 nitrogen and oxygen atoms in total. The summed E-state index contributed by atoms with van der Waals surface area (Å²) in [5.74, 6) is 0. The molecule has 0 aromatic carbocycles. The number of likely N-dealkylation sites (N-methyl/N-ethyl adjacent to an activating group) is 2. The molecule has 1 saturated heterocycles. The lowest BCUT2D eigenvalue weighted by Crippen LogP contribution is -2.30. The second-order valence-electron chi connectivity index (χ2n) is 5.21. The molecule has 18 heavy (non-hydrogen) atoms. The van der Waals surface area contributed by atoms with Gasteiger partial charge in [0.05, 0.1) is 11.7 Å². The highest BCUT2D eigenvalue weighted by Gasteiger charge is 2.25. The molecule has 2 N–H and O–H groups in total. The van der Waals surface area contributed by atoms with E-state index in [1.54, 1.807) is 0 Å². The number of nitrogens with two attached hydrogens (primary N) is 1. The van der Waals surface area contributed by atoms with Crippen molar-refractivity contribution in [3.63, 3.8) is 0 Å². The Morgan fingerprint density at radius 1 is 1.39 bits per heavy atom. The third-order valence-corrected chi connectivity index (χ3v) is 4.95. The molecule has 102 valence electrons. The normalized spacial score (nSPS) is 23.2. The van der Waals surface area contributed by atoms with Gasteiger partial charge in [0.15, 0.2) is 0 Å². The monoisotopic (exact) mass is 268 g/mol. The largest absolute Gasteiger partial charge is 0.330 e. The number of nitrogens with zero attached hydrogens (tertiary/aromatic N) is 3. The Morgan fingerprint density at radius 3 is 2.89 bits per heavy atom. The summed E-state index contributed by atoms with van der Waals surface area (Å²) in [6.07, 6.45) is 2.19. The maximum atomic E-state index is 5.65. The minimum Gasteiger partial charge on any atom is -0.330 e. The average molecular weight is 268 g/mol. The van der Waals surface area contributed by atoms with Crippen LogP contribution in [0.4, 0.5) is 0 Å². The lowest BCUT2D eigenvalue weighted by atomic mass is 10.2. The van der Waals surface area contributed by atoms with E-state index in [2.05, 4.69) is 30.8 Å². The highest BCUT2D eigenvalue weighted by molar-refractivity contribution is 7.11. The number of rotatable bonds is 3. The number of aryl methyl sites for hydroxylation is 1. The summed E-state index contributed by atoms with van der Waals surface area (Å²) in [5.41, 5.74) is 6.82. The molecule has 1 atom stereocenters. The first-order valence-corrected chi connectivity index (χ1v) is 7.48. The predicted molar refractivity (Wildman–Crippen MR) is 77.1 cm³/mol. The van der Waals surface area contributed by atoms with Crippen LogP contribution in [0.1, 0.15) is 28.0 Å². The summed E-state index contributed by atoms with van der Waals surface area (Å²) in [5, 5.41) is 1.26. The Balaban J connectivity index is 2.19. The van der Waals surface area contributed by atoms with Crippen LogP contribution in [0, 0.1) is 6.92 Å². The SMILES string of the molecule is Cc1nc(C2CN(C)CCCN2C)sc1CCN. The molecule has 1 aromatic rings. The molecule has 1 aliphatic rings. The Kier molecular flexibility index (Phi) is 4.72. The molecule has 2 rings (SSSR count). The summed E-state index contributed by atoms with van der Waals surface area (Å²) < 4.78 is 0. The molecule has 0 saturated carbocycles. The van der Waals surface area contributed by atoms with Gasteiger partial charge in [-0.3, -0.25) is 4.90 Å². The maximum absolute atomic E-state index is 5.65. The van der Waals surface area contributed by atoms with Crippen LogP contribution in [0.3, 0.4) is 0 Å². The second kappa shape index (κ2) is 6.10. The molecule has 1 unspecified atom stereocenters. The van der Waals surface area contributed by atoms with E-state index in [4.69, 9.17) is 10.7 Å². The summed E-state index contributed by atoms with van der Waals surface area (Å²) in [6, 6.07) is 0.438. The van der Waals surface area contributed by atoms with Crippen LogP contribution >= 0.6 is 11.3 Å². The summed E-state index contributed by atoms with van der Waals surface area (Å²) in [4.78, 5) is 11.0. The Morgan fingerprint density at radius 2 is 2.17 bits per heavy atom. The highest BCUT2D eigenvalue weighted by Crippen LogP contribution is 2.29. The van der Waals surface area contributed by atoms with Gasteiger partial charge in [0, 0.05) is 11.4 Å². The van der Waals surface area contributed by atoms with Crippen molar-refractivity contribution in [3.05, 3.63) is 15.6 Å². The van der Waals surface area contributed by atoms with Crippen LogP contribution in [0.2, 0.25) is 0 Å². The first-order chi connectivity index (χ1) is 8.61. The Hall–Kier alpha value is -0.490. The Bertz CT molecular complexity index is 390. The van der Waals surface area contributed by atoms with E-state index in [0.717, 1.165) is 19.5 Å². The molecule has 1 fully saturated rings. The lowest BCUT2D eigenvalue weighted by Gasteiger charge is -2.25. The van der Waals surface area contributed by atoms with Gasteiger partial charge in [-0.2, -0.15) is 0 Å². The number of aromatic nitrogens is 1. The first kappa shape index (κ1) is 13.9. The van der Waals surface area contributed by atoms with E-state index < -0.39 is 0 Å². The number of thiazole rings is 1. The van der Waals surface area contributed by atoms with Crippen molar-refractivity contribution in [3.8, 4) is 0 Å². The zero-order valence-electron chi connectivity index (χ0n) is 11.6. The zero-order chi connectivity index (χ0) is 13.1. The van der Waals surface area contributed by atoms with Crippen LogP contribution in [-0.4, -0.2) is 55.1 Å². The van der Waals surface area contributed by atoms with E-state index >= 15 is 0 Å². The fourth-order valence-electron chi connectivity index (χ4n) is 2.49. The maximum Gasteiger partial charge on any atom is 0.112 e. The van der Waals surface area contributed by atoms with Gasteiger partial charge in [-0.15, -0.1) is 11.3 Å². The van der Waals surface area contributed by atoms with E-state index in [1.807, 2.05) is 11.3 Å². The first-order valence-electron chi connectivity index (χ1n) is 6.67. The topological polar surface area (TPSA) is 45.4 Å². The Labute approximate surface area is 114 Å². The third kappa shape index (κ3) is 3.09. The fraction of sp³-hybridized carbons (Fsp3) is 0.769. The van der Waals surface area contributed by atoms with Gasteiger partial charge in [-0.05, 0) is 53.5 Å². The molecular weight excluding hydrogens is 244 g/mol. The molecule has 0 bridgehead atoms.